The minimum atomic E-state index is -0.184. The van der Waals surface area contributed by atoms with Crippen molar-refractivity contribution in [3.63, 3.8) is 0 Å². The van der Waals surface area contributed by atoms with Crippen LogP contribution in [0.3, 0.4) is 0 Å². The lowest BCUT2D eigenvalue weighted by atomic mass is 10.2. The van der Waals surface area contributed by atoms with Crippen molar-refractivity contribution in [2.75, 3.05) is 11.1 Å². The Balaban J connectivity index is 1.41. The van der Waals surface area contributed by atoms with Crippen LogP contribution in [0.25, 0.3) is 22.5 Å². The zero-order valence-electron chi connectivity index (χ0n) is 13.0. The van der Waals surface area contributed by atoms with E-state index in [1.54, 1.807) is 6.07 Å². The van der Waals surface area contributed by atoms with Crippen LogP contribution in [0.15, 0.2) is 56.6 Å². The summed E-state index contributed by atoms with van der Waals surface area (Å²) in [5, 5.41) is 11.2. The molecule has 0 saturated carbocycles. The van der Waals surface area contributed by atoms with E-state index in [0.29, 0.717) is 22.3 Å². The molecule has 0 radical (unpaired) electrons. The Bertz CT molecular complexity index is 1080. The molecule has 1 amide bonds. The monoisotopic (exact) mass is 447 g/mol. The summed E-state index contributed by atoms with van der Waals surface area (Å²) in [7, 11) is 0. The van der Waals surface area contributed by atoms with Gasteiger partial charge in [0.2, 0.25) is 11.8 Å². The van der Waals surface area contributed by atoms with Crippen molar-refractivity contribution in [1.82, 2.24) is 18.9 Å². The van der Waals surface area contributed by atoms with Gasteiger partial charge in [-0.15, -0.1) is 10.2 Å². The molecule has 10 heteroatoms. The molecular formula is C16H10BrN5O2S2. The van der Waals surface area contributed by atoms with Crippen molar-refractivity contribution in [2.45, 2.75) is 5.22 Å². The molecule has 2 aromatic heterocycles. The Labute approximate surface area is 164 Å². The van der Waals surface area contributed by atoms with E-state index in [9.17, 15) is 4.79 Å². The molecule has 0 fully saturated rings. The standard InChI is InChI=1S/C16H10BrN5O2S2/c17-10-5-2-1-4-9(10)15-19-20-16(24-15)25-8-13(23)18-11-6-3-7-12-14(11)22-26-21-12/h1-7H,8H2,(H,18,23). The molecule has 26 heavy (non-hydrogen) atoms. The summed E-state index contributed by atoms with van der Waals surface area (Å²) in [5.74, 6) is 0.362. The Morgan fingerprint density at radius 2 is 2.04 bits per heavy atom. The predicted octanol–water partition coefficient (Wildman–Crippen LogP) is 4.23. The van der Waals surface area contributed by atoms with Gasteiger partial charge in [0.25, 0.3) is 5.22 Å². The average molecular weight is 448 g/mol. The molecule has 4 rings (SSSR count). The first-order valence-corrected chi connectivity index (χ1v) is 9.94. The molecule has 0 unspecified atom stereocenters. The first-order valence-electron chi connectivity index (χ1n) is 7.43. The van der Waals surface area contributed by atoms with Crippen molar-refractivity contribution in [3.05, 3.63) is 46.9 Å². The summed E-state index contributed by atoms with van der Waals surface area (Å²) >= 11 is 5.74. The van der Waals surface area contributed by atoms with Gasteiger partial charge in [-0.2, -0.15) is 8.75 Å². The molecule has 1 N–H and O–H groups in total. The third-order valence-electron chi connectivity index (χ3n) is 3.40. The van der Waals surface area contributed by atoms with E-state index in [1.807, 2.05) is 36.4 Å². The van der Waals surface area contributed by atoms with Gasteiger partial charge < -0.3 is 9.73 Å². The van der Waals surface area contributed by atoms with Gasteiger partial charge in [0.1, 0.15) is 11.0 Å². The maximum absolute atomic E-state index is 12.2. The molecule has 0 spiro atoms. The highest BCUT2D eigenvalue weighted by atomic mass is 79.9. The van der Waals surface area contributed by atoms with Crippen molar-refractivity contribution < 1.29 is 9.21 Å². The highest BCUT2D eigenvalue weighted by Gasteiger charge is 2.14. The largest absolute Gasteiger partial charge is 0.411 e. The number of halogens is 1. The normalized spacial score (nSPS) is 11.0. The number of benzene rings is 2. The molecule has 0 bridgehead atoms. The molecular weight excluding hydrogens is 438 g/mol. The van der Waals surface area contributed by atoms with Crippen LogP contribution in [0.4, 0.5) is 5.69 Å². The van der Waals surface area contributed by atoms with E-state index in [4.69, 9.17) is 4.42 Å². The van der Waals surface area contributed by atoms with E-state index < -0.39 is 0 Å². The fourth-order valence-electron chi connectivity index (χ4n) is 2.23. The van der Waals surface area contributed by atoms with Crippen LogP contribution in [0.5, 0.6) is 0 Å². The van der Waals surface area contributed by atoms with Crippen LogP contribution >= 0.6 is 39.4 Å². The average Bonchev–Trinajstić information content (AvgIpc) is 3.30. The van der Waals surface area contributed by atoms with Gasteiger partial charge >= 0.3 is 0 Å². The number of aromatic nitrogens is 4. The number of rotatable bonds is 5. The molecule has 0 aliphatic rings. The fourth-order valence-corrected chi connectivity index (χ4v) is 3.80. The van der Waals surface area contributed by atoms with Crippen LogP contribution in [-0.4, -0.2) is 30.6 Å². The number of nitrogens with zero attached hydrogens (tertiary/aromatic N) is 4. The highest BCUT2D eigenvalue weighted by Crippen LogP contribution is 2.29. The van der Waals surface area contributed by atoms with Gasteiger partial charge in [-0.3, -0.25) is 4.79 Å². The Kier molecular flexibility index (Phi) is 4.96. The third kappa shape index (κ3) is 3.62. The Morgan fingerprint density at radius 1 is 1.15 bits per heavy atom. The lowest BCUT2D eigenvalue weighted by Gasteiger charge is -2.04. The second-order valence-corrected chi connectivity index (χ2v) is 7.44. The minimum Gasteiger partial charge on any atom is -0.411 e. The van der Waals surface area contributed by atoms with Gasteiger partial charge in [-0.25, -0.2) is 0 Å². The van der Waals surface area contributed by atoms with Crippen LogP contribution in [0.1, 0.15) is 0 Å². The minimum absolute atomic E-state index is 0.144. The van der Waals surface area contributed by atoms with Crippen LogP contribution < -0.4 is 5.32 Å². The summed E-state index contributed by atoms with van der Waals surface area (Å²) < 4.78 is 14.8. The van der Waals surface area contributed by atoms with E-state index in [-0.39, 0.29) is 11.7 Å². The number of hydrogen-bond donors (Lipinski definition) is 1. The molecule has 2 heterocycles. The predicted molar refractivity (Wildman–Crippen MR) is 104 cm³/mol. The Morgan fingerprint density at radius 3 is 2.92 bits per heavy atom. The number of hydrogen-bond acceptors (Lipinski definition) is 8. The molecule has 7 nitrogen and oxygen atoms in total. The molecule has 4 aromatic rings. The molecule has 0 saturated heterocycles. The maximum atomic E-state index is 12.2. The lowest BCUT2D eigenvalue weighted by Crippen LogP contribution is -2.14. The molecule has 2 aromatic carbocycles. The SMILES string of the molecule is O=C(CSc1nnc(-c2ccccc2Br)o1)Nc1cccc2nsnc12. The summed E-state index contributed by atoms with van der Waals surface area (Å²) in [5.41, 5.74) is 2.89. The van der Waals surface area contributed by atoms with E-state index in [1.165, 1.54) is 11.8 Å². The Hall–Kier alpha value is -2.30. The summed E-state index contributed by atoms with van der Waals surface area (Å²) in [4.78, 5) is 12.2. The second-order valence-electron chi connectivity index (χ2n) is 5.13. The van der Waals surface area contributed by atoms with E-state index in [0.717, 1.165) is 27.3 Å². The number of amides is 1. The van der Waals surface area contributed by atoms with E-state index in [2.05, 4.69) is 40.2 Å². The number of carbonyl (C=O) groups excluding carboxylic acids is 1. The molecule has 0 atom stereocenters. The lowest BCUT2D eigenvalue weighted by molar-refractivity contribution is -0.113. The smallest absolute Gasteiger partial charge is 0.277 e. The highest BCUT2D eigenvalue weighted by molar-refractivity contribution is 9.10. The van der Waals surface area contributed by atoms with Crippen molar-refractivity contribution >= 4 is 62.0 Å². The van der Waals surface area contributed by atoms with Crippen molar-refractivity contribution in [3.8, 4) is 11.5 Å². The zero-order valence-corrected chi connectivity index (χ0v) is 16.3. The first kappa shape index (κ1) is 17.1. The number of nitrogens with one attached hydrogen (secondary N) is 1. The summed E-state index contributed by atoms with van der Waals surface area (Å²) in [6.07, 6.45) is 0. The second kappa shape index (κ2) is 7.52. The van der Waals surface area contributed by atoms with Crippen LogP contribution in [-0.2, 0) is 4.79 Å². The van der Waals surface area contributed by atoms with Crippen molar-refractivity contribution in [2.24, 2.45) is 0 Å². The molecule has 0 aliphatic heterocycles. The van der Waals surface area contributed by atoms with E-state index >= 15 is 0 Å². The fraction of sp³-hybridized carbons (Fsp3) is 0.0625. The van der Waals surface area contributed by atoms with Gasteiger partial charge in [0.15, 0.2) is 0 Å². The molecule has 0 aliphatic carbocycles. The summed E-state index contributed by atoms with van der Waals surface area (Å²) in [6, 6.07) is 13.0. The van der Waals surface area contributed by atoms with Crippen LogP contribution in [0, 0.1) is 0 Å². The first-order chi connectivity index (χ1) is 12.7. The number of carbonyl (C=O) groups is 1. The van der Waals surface area contributed by atoms with Gasteiger partial charge in [0, 0.05) is 4.47 Å². The van der Waals surface area contributed by atoms with Gasteiger partial charge in [-0.05, 0) is 40.2 Å². The quantitative estimate of drug-likeness (QED) is 0.457. The topological polar surface area (TPSA) is 93.8 Å². The summed E-state index contributed by atoms with van der Waals surface area (Å²) in [6.45, 7) is 0. The maximum Gasteiger partial charge on any atom is 0.277 e. The molecule has 130 valence electrons. The number of fused-ring (bicyclic) bond motifs is 1. The third-order valence-corrected chi connectivity index (χ3v) is 5.45. The number of anilines is 1. The zero-order chi connectivity index (χ0) is 17.9. The van der Waals surface area contributed by atoms with Crippen LogP contribution in [0.2, 0.25) is 0 Å². The van der Waals surface area contributed by atoms with Gasteiger partial charge in [-0.1, -0.05) is 30.0 Å². The van der Waals surface area contributed by atoms with Crippen molar-refractivity contribution in [1.29, 1.82) is 0 Å². The number of thioether (sulfide) groups is 1. The van der Waals surface area contributed by atoms with Gasteiger partial charge in [0.05, 0.1) is 28.7 Å².